The van der Waals surface area contributed by atoms with E-state index in [-0.39, 0.29) is 12.5 Å². The Morgan fingerprint density at radius 1 is 1.09 bits per heavy atom. The van der Waals surface area contributed by atoms with Gasteiger partial charge in [-0.15, -0.1) is 0 Å². The highest BCUT2D eigenvalue weighted by Gasteiger charge is 2.06. The van der Waals surface area contributed by atoms with Gasteiger partial charge in [-0.2, -0.15) is 0 Å². The van der Waals surface area contributed by atoms with Gasteiger partial charge in [-0.25, -0.2) is 0 Å². The molecule has 0 fully saturated rings. The van der Waals surface area contributed by atoms with E-state index in [1.165, 1.54) is 0 Å². The zero-order valence-electron chi connectivity index (χ0n) is 13.0. The number of carbonyl (C=O) groups is 1. The summed E-state index contributed by atoms with van der Waals surface area (Å²) in [5, 5.41) is 2.84. The molecule has 2 rings (SSSR count). The predicted octanol–water partition coefficient (Wildman–Crippen LogP) is 3.09. The summed E-state index contributed by atoms with van der Waals surface area (Å²) in [6.07, 6.45) is 0. The monoisotopic (exact) mass is 299 g/mol. The lowest BCUT2D eigenvalue weighted by Gasteiger charge is -2.11. The van der Waals surface area contributed by atoms with Crippen LogP contribution in [0.3, 0.4) is 0 Å². The normalized spacial score (nSPS) is 10.1. The van der Waals surface area contributed by atoms with Crippen molar-refractivity contribution in [3.8, 4) is 11.5 Å². The van der Waals surface area contributed by atoms with Crippen molar-refractivity contribution in [3.63, 3.8) is 0 Å². The van der Waals surface area contributed by atoms with E-state index < -0.39 is 0 Å². The fraction of sp³-hybridized carbons (Fsp3) is 0.278. The van der Waals surface area contributed by atoms with Gasteiger partial charge < -0.3 is 14.8 Å². The summed E-state index contributed by atoms with van der Waals surface area (Å²) in [6, 6.07) is 15.3. The van der Waals surface area contributed by atoms with Gasteiger partial charge in [0, 0.05) is 12.1 Å². The van der Waals surface area contributed by atoms with Crippen molar-refractivity contribution in [2.45, 2.75) is 20.4 Å². The van der Waals surface area contributed by atoms with Crippen LogP contribution in [0.5, 0.6) is 11.5 Å². The standard InChI is InChI=1S/C18H21NO3/c1-3-21-17-10-5-4-8-15(17)12-19-18(20)13-22-16-9-6-7-14(2)11-16/h4-11H,3,12-13H2,1-2H3,(H,19,20). The van der Waals surface area contributed by atoms with Gasteiger partial charge in [-0.3, -0.25) is 4.79 Å². The SMILES string of the molecule is CCOc1ccccc1CNC(=O)COc1cccc(C)c1. The van der Waals surface area contributed by atoms with Crippen LogP contribution in [0, 0.1) is 6.92 Å². The first-order valence-corrected chi connectivity index (χ1v) is 7.36. The fourth-order valence-electron chi connectivity index (χ4n) is 2.05. The number of ether oxygens (including phenoxy) is 2. The van der Waals surface area contributed by atoms with Crippen molar-refractivity contribution in [1.29, 1.82) is 0 Å². The Morgan fingerprint density at radius 2 is 1.91 bits per heavy atom. The maximum atomic E-state index is 11.9. The van der Waals surface area contributed by atoms with Crippen molar-refractivity contribution in [3.05, 3.63) is 59.7 Å². The van der Waals surface area contributed by atoms with Gasteiger partial charge >= 0.3 is 0 Å². The minimum atomic E-state index is -0.159. The van der Waals surface area contributed by atoms with E-state index in [1.54, 1.807) is 0 Å². The Morgan fingerprint density at radius 3 is 2.68 bits per heavy atom. The van der Waals surface area contributed by atoms with E-state index in [1.807, 2.05) is 62.4 Å². The third kappa shape index (κ3) is 4.81. The van der Waals surface area contributed by atoms with Crippen molar-refractivity contribution in [2.24, 2.45) is 0 Å². The Kier molecular flexibility index (Phi) is 5.83. The zero-order valence-corrected chi connectivity index (χ0v) is 13.0. The fourth-order valence-corrected chi connectivity index (χ4v) is 2.05. The number of rotatable bonds is 7. The van der Waals surface area contributed by atoms with E-state index in [4.69, 9.17) is 9.47 Å². The molecular weight excluding hydrogens is 278 g/mol. The molecule has 0 atom stereocenters. The maximum absolute atomic E-state index is 11.9. The van der Waals surface area contributed by atoms with Gasteiger partial charge in [0.25, 0.3) is 5.91 Å². The van der Waals surface area contributed by atoms with E-state index in [0.717, 1.165) is 16.9 Å². The summed E-state index contributed by atoms with van der Waals surface area (Å²) < 4.78 is 11.0. The smallest absolute Gasteiger partial charge is 0.258 e. The Labute approximate surface area is 131 Å². The molecule has 0 aliphatic rings. The van der Waals surface area contributed by atoms with Gasteiger partial charge in [0.1, 0.15) is 11.5 Å². The number of hydrogen-bond donors (Lipinski definition) is 1. The molecule has 0 aromatic heterocycles. The van der Waals surface area contributed by atoms with Crippen LogP contribution in [-0.2, 0) is 11.3 Å². The number of aryl methyl sites for hydroxylation is 1. The Balaban J connectivity index is 1.83. The second kappa shape index (κ2) is 8.08. The lowest BCUT2D eigenvalue weighted by molar-refractivity contribution is -0.123. The van der Waals surface area contributed by atoms with Crippen LogP contribution in [0.1, 0.15) is 18.1 Å². The maximum Gasteiger partial charge on any atom is 0.258 e. The molecule has 0 unspecified atom stereocenters. The average molecular weight is 299 g/mol. The third-order valence-electron chi connectivity index (χ3n) is 3.11. The van der Waals surface area contributed by atoms with Gasteiger partial charge in [0.2, 0.25) is 0 Å². The van der Waals surface area contributed by atoms with E-state index >= 15 is 0 Å². The second-order valence-electron chi connectivity index (χ2n) is 4.92. The Bertz CT molecular complexity index is 625. The molecule has 1 amide bonds. The average Bonchev–Trinajstić information content (AvgIpc) is 2.52. The number of nitrogens with one attached hydrogen (secondary N) is 1. The highest BCUT2D eigenvalue weighted by Crippen LogP contribution is 2.17. The summed E-state index contributed by atoms with van der Waals surface area (Å²) in [5.41, 5.74) is 2.05. The van der Waals surface area contributed by atoms with Gasteiger partial charge in [0.05, 0.1) is 6.61 Å². The molecule has 2 aromatic carbocycles. The van der Waals surface area contributed by atoms with E-state index in [2.05, 4.69) is 5.32 Å². The molecule has 0 aliphatic heterocycles. The minimum Gasteiger partial charge on any atom is -0.494 e. The van der Waals surface area contributed by atoms with Crippen molar-refractivity contribution in [1.82, 2.24) is 5.32 Å². The molecule has 0 spiro atoms. The van der Waals surface area contributed by atoms with Gasteiger partial charge in [0.15, 0.2) is 6.61 Å². The van der Waals surface area contributed by atoms with Crippen molar-refractivity contribution < 1.29 is 14.3 Å². The quantitative estimate of drug-likeness (QED) is 0.854. The van der Waals surface area contributed by atoms with Crippen molar-refractivity contribution in [2.75, 3.05) is 13.2 Å². The zero-order chi connectivity index (χ0) is 15.8. The molecule has 0 bridgehead atoms. The molecule has 0 aliphatic carbocycles. The molecule has 0 saturated heterocycles. The summed E-state index contributed by atoms with van der Waals surface area (Å²) in [5.74, 6) is 1.34. The minimum absolute atomic E-state index is 0.000253. The summed E-state index contributed by atoms with van der Waals surface area (Å²) in [7, 11) is 0. The molecule has 2 aromatic rings. The highest BCUT2D eigenvalue weighted by molar-refractivity contribution is 5.77. The number of hydrogen-bond acceptors (Lipinski definition) is 3. The van der Waals surface area contributed by atoms with Crippen molar-refractivity contribution >= 4 is 5.91 Å². The molecule has 116 valence electrons. The lowest BCUT2D eigenvalue weighted by Crippen LogP contribution is -2.28. The molecule has 4 heteroatoms. The van der Waals surface area contributed by atoms with Gasteiger partial charge in [-0.05, 0) is 37.6 Å². The number of amides is 1. The second-order valence-corrected chi connectivity index (χ2v) is 4.92. The van der Waals surface area contributed by atoms with Crippen LogP contribution < -0.4 is 14.8 Å². The molecule has 1 N–H and O–H groups in total. The first-order valence-electron chi connectivity index (χ1n) is 7.36. The van der Waals surface area contributed by atoms with E-state index in [0.29, 0.717) is 18.9 Å². The third-order valence-corrected chi connectivity index (χ3v) is 3.11. The van der Waals surface area contributed by atoms with Gasteiger partial charge in [-0.1, -0.05) is 30.3 Å². The number of carbonyl (C=O) groups excluding carboxylic acids is 1. The first kappa shape index (κ1) is 15.9. The van der Waals surface area contributed by atoms with Crippen LogP contribution >= 0.6 is 0 Å². The number of benzene rings is 2. The summed E-state index contributed by atoms with van der Waals surface area (Å²) >= 11 is 0. The summed E-state index contributed by atoms with van der Waals surface area (Å²) in [6.45, 7) is 4.94. The molecule has 0 heterocycles. The number of para-hydroxylation sites is 1. The largest absolute Gasteiger partial charge is 0.494 e. The molecular formula is C18H21NO3. The topological polar surface area (TPSA) is 47.6 Å². The Hall–Kier alpha value is -2.49. The van der Waals surface area contributed by atoms with Crippen LogP contribution in [0.2, 0.25) is 0 Å². The highest BCUT2D eigenvalue weighted by atomic mass is 16.5. The lowest BCUT2D eigenvalue weighted by atomic mass is 10.2. The molecule has 4 nitrogen and oxygen atoms in total. The van der Waals surface area contributed by atoms with Crippen LogP contribution in [-0.4, -0.2) is 19.1 Å². The van der Waals surface area contributed by atoms with Crippen LogP contribution in [0.25, 0.3) is 0 Å². The molecule has 0 radical (unpaired) electrons. The first-order chi connectivity index (χ1) is 10.7. The molecule has 22 heavy (non-hydrogen) atoms. The van der Waals surface area contributed by atoms with Crippen LogP contribution in [0.15, 0.2) is 48.5 Å². The predicted molar refractivity (Wildman–Crippen MR) is 86.1 cm³/mol. The molecule has 0 saturated carbocycles. The summed E-state index contributed by atoms with van der Waals surface area (Å²) in [4.78, 5) is 11.9. The van der Waals surface area contributed by atoms with Crippen LogP contribution in [0.4, 0.5) is 0 Å². The van der Waals surface area contributed by atoms with E-state index in [9.17, 15) is 4.79 Å².